The molecule has 0 aliphatic carbocycles. The van der Waals surface area contributed by atoms with Crippen LogP contribution in [0.1, 0.15) is 12.5 Å². The van der Waals surface area contributed by atoms with Gasteiger partial charge in [-0.3, -0.25) is 4.79 Å². The molecule has 0 fully saturated rings. The van der Waals surface area contributed by atoms with Crippen LogP contribution in [0.15, 0.2) is 29.8 Å². The Kier molecular flexibility index (Phi) is 12.4. The van der Waals surface area contributed by atoms with Gasteiger partial charge in [0.25, 0.3) is 5.97 Å². The van der Waals surface area contributed by atoms with E-state index in [-0.39, 0.29) is 82.4 Å². The van der Waals surface area contributed by atoms with Crippen molar-refractivity contribution in [2.75, 3.05) is 20.1 Å². The molecule has 0 atom stereocenters. The summed E-state index contributed by atoms with van der Waals surface area (Å²) in [6, 6.07) is 10.4. The second-order valence-corrected chi connectivity index (χ2v) is 4.40. The first-order valence-corrected chi connectivity index (χ1v) is 5.54. The van der Waals surface area contributed by atoms with Crippen molar-refractivity contribution in [3.8, 4) is 0 Å². The van der Waals surface area contributed by atoms with E-state index in [4.69, 9.17) is 0 Å². The van der Waals surface area contributed by atoms with E-state index in [2.05, 4.69) is 6.07 Å². The summed E-state index contributed by atoms with van der Waals surface area (Å²) in [5.74, 6) is 0.265. The van der Waals surface area contributed by atoms with Crippen molar-refractivity contribution < 1.29 is 92.3 Å². The van der Waals surface area contributed by atoms with Crippen molar-refractivity contribution in [2.24, 2.45) is 0 Å². The van der Waals surface area contributed by atoms with Crippen LogP contribution in [0.5, 0.6) is 0 Å². The third-order valence-corrected chi connectivity index (χ3v) is 2.93. The Balaban J connectivity index is 0. The van der Waals surface area contributed by atoms with Crippen molar-refractivity contribution in [2.45, 2.75) is 6.92 Å². The molecule has 2 radical (unpaired) electrons. The fraction of sp³-hybridized carbons (Fsp3) is 0.286. The van der Waals surface area contributed by atoms with E-state index in [1.165, 1.54) is 0 Å². The Hall–Kier alpha value is 1.00. The molecule has 1 aromatic rings. The quantitative estimate of drug-likeness (QED) is 0.523. The minimum atomic E-state index is -0.835. The maximum atomic E-state index is 11.3. The van der Waals surface area contributed by atoms with Gasteiger partial charge in [-0.15, -0.1) is 0 Å². The zero-order valence-electron chi connectivity index (χ0n) is 11.6. The molecule has 0 amide bonds. The van der Waals surface area contributed by atoms with Gasteiger partial charge in [-0.25, -0.2) is 17.7 Å². The molecule has 0 unspecified atom stereocenters. The summed E-state index contributed by atoms with van der Waals surface area (Å²) in [7, 11) is 1.93. The molecule has 0 aromatic heterocycles. The summed E-state index contributed by atoms with van der Waals surface area (Å²) in [6.45, 7) is 3.29. The molecule has 1 heterocycles. The Morgan fingerprint density at radius 2 is 1.95 bits per heavy atom. The molecule has 0 saturated heterocycles. The fourth-order valence-electron chi connectivity index (χ4n) is 2.30. The predicted octanol–water partition coefficient (Wildman–Crippen LogP) is 1.86. The average molecular weight is 607 g/mol. The Morgan fingerprint density at radius 1 is 1.40 bits per heavy atom. The molecule has 2 rings (SSSR count). The third kappa shape index (κ3) is 5.65. The van der Waals surface area contributed by atoms with Crippen molar-refractivity contribution in [1.29, 1.82) is 0 Å². The summed E-state index contributed by atoms with van der Waals surface area (Å²) < 4.78 is 0. The summed E-state index contributed by atoms with van der Waals surface area (Å²) in [4.78, 5) is 13.3. The molecule has 0 spiro atoms. The monoisotopic (exact) mass is 607 g/mol. The van der Waals surface area contributed by atoms with Gasteiger partial charge in [-0.1, -0.05) is 12.5 Å². The normalized spacial score (nSPS) is 14.8. The molecular weight excluding hydrogens is 592 g/mol. The van der Waals surface area contributed by atoms with Gasteiger partial charge in [-0.05, 0) is 20.1 Å². The fourth-order valence-corrected chi connectivity index (χ4v) is 2.30. The van der Waals surface area contributed by atoms with E-state index in [0.29, 0.717) is 12.1 Å². The Morgan fingerprint density at radius 3 is 2.45 bits per heavy atom. The van der Waals surface area contributed by atoms with Crippen LogP contribution >= 0.6 is 0 Å². The number of carboxylic acid groups (broad SMARTS) is 1. The van der Waals surface area contributed by atoms with Crippen LogP contribution in [0.4, 0.5) is 0 Å². The SMILES string of the molecule is C[C-]1CN(C)CC(C(=O)O)=C1c1cc[c-]cc1.[U].[V].[Y]. The molecular formula is C14H15NO2UVY-2. The molecule has 3 nitrogen and oxygen atoms in total. The van der Waals surface area contributed by atoms with E-state index >= 15 is 0 Å². The summed E-state index contributed by atoms with van der Waals surface area (Å²) in [5.41, 5.74) is 2.32. The van der Waals surface area contributed by atoms with Crippen LogP contribution < -0.4 is 0 Å². The Bertz CT molecular complexity index is 468. The smallest absolute Gasteiger partial charge is 0.276 e. The van der Waals surface area contributed by atoms with Gasteiger partial charge in [0, 0.05) is 82.4 Å². The van der Waals surface area contributed by atoms with Crippen molar-refractivity contribution in [3.05, 3.63) is 47.4 Å². The van der Waals surface area contributed by atoms with Gasteiger partial charge in [0.15, 0.2) is 0 Å². The molecule has 1 N–H and O–H groups in total. The van der Waals surface area contributed by atoms with Crippen LogP contribution in [0, 0.1) is 43.1 Å². The number of nitrogens with zero attached hydrogens (tertiary/aromatic N) is 1. The number of hydrogen-bond donors (Lipinski definition) is 1. The third-order valence-electron chi connectivity index (χ3n) is 2.93. The largest absolute Gasteiger partial charge is 0.487 e. The van der Waals surface area contributed by atoms with E-state index in [1.54, 1.807) is 0 Å². The number of likely N-dealkylation sites (N-methyl/N-ethyl adjacent to an activating group) is 1. The van der Waals surface area contributed by atoms with Crippen molar-refractivity contribution in [1.82, 2.24) is 4.90 Å². The topological polar surface area (TPSA) is 40.5 Å². The standard InChI is InChI=1S/C14H15NO2.U.V.Y/c1-10-8-15(2)9-12(14(16)17)13(10)11-6-4-3-5-7-11;;;/h4-7H,8-9H2,1-2H3,(H,16,17);;;/q-2;;;. The van der Waals surface area contributed by atoms with Crippen molar-refractivity contribution >= 4 is 11.5 Å². The van der Waals surface area contributed by atoms with E-state index in [9.17, 15) is 9.90 Å². The molecule has 1 aliphatic heterocycles. The molecule has 0 saturated carbocycles. The maximum absolute atomic E-state index is 11.3. The molecule has 102 valence electrons. The van der Waals surface area contributed by atoms with Crippen LogP contribution in [0.3, 0.4) is 0 Å². The van der Waals surface area contributed by atoms with Gasteiger partial charge in [0.05, 0.1) is 0 Å². The first-order valence-electron chi connectivity index (χ1n) is 5.54. The number of rotatable bonds is 2. The van der Waals surface area contributed by atoms with Crippen LogP contribution in [0.25, 0.3) is 5.57 Å². The average Bonchev–Trinajstić information content (AvgIpc) is 2.29. The first-order chi connectivity index (χ1) is 8.09. The minimum Gasteiger partial charge on any atom is -0.487 e. The van der Waals surface area contributed by atoms with E-state index < -0.39 is 5.97 Å². The summed E-state index contributed by atoms with van der Waals surface area (Å²) in [5, 5.41) is 9.30. The number of benzene rings is 1. The van der Waals surface area contributed by atoms with Gasteiger partial charge in [-0.2, -0.15) is 29.7 Å². The zero-order chi connectivity index (χ0) is 12.4. The van der Waals surface area contributed by atoms with Gasteiger partial charge in [0.2, 0.25) is 0 Å². The first kappa shape index (κ1) is 23.3. The second kappa shape index (κ2) is 10.7. The number of aliphatic carboxylic acids is 1. The number of hydrogen-bond acceptors (Lipinski definition) is 2. The predicted molar refractivity (Wildman–Crippen MR) is 66.2 cm³/mol. The summed E-state index contributed by atoms with van der Waals surface area (Å²) >= 11 is 0. The maximum Gasteiger partial charge on any atom is 0.276 e. The van der Waals surface area contributed by atoms with E-state index in [0.717, 1.165) is 23.6 Å². The molecule has 1 aliphatic rings. The Labute approximate surface area is 181 Å². The zero-order valence-corrected chi connectivity index (χ0v) is 19.9. The molecule has 0 bridgehead atoms. The van der Waals surface area contributed by atoms with Crippen LogP contribution in [-0.4, -0.2) is 36.1 Å². The van der Waals surface area contributed by atoms with Crippen molar-refractivity contribution in [3.63, 3.8) is 0 Å². The molecule has 1 aromatic carbocycles. The number of carbonyl (C=O) groups is 1. The van der Waals surface area contributed by atoms with Crippen LogP contribution in [-0.2, 0) is 56.1 Å². The summed E-state index contributed by atoms with van der Waals surface area (Å²) in [6.07, 6.45) is 0. The van der Waals surface area contributed by atoms with Crippen LogP contribution in [0.2, 0.25) is 0 Å². The minimum absolute atomic E-state index is 0. The van der Waals surface area contributed by atoms with Gasteiger partial charge in [0.1, 0.15) is 0 Å². The molecule has 20 heavy (non-hydrogen) atoms. The van der Waals surface area contributed by atoms with Gasteiger partial charge >= 0.3 is 0 Å². The molecule has 6 heteroatoms. The second-order valence-electron chi connectivity index (χ2n) is 4.40. The van der Waals surface area contributed by atoms with E-state index in [1.807, 2.05) is 43.1 Å². The number of carboxylic acids is 1. The van der Waals surface area contributed by atoms with Gasteiger partial charge < -0.3 is 10.0 Å².